The van der Waals surface area contributed by atoms with Crippen LogP contribution in [0.5, 0.6) is 0 Å². The average Bonchev–Trinajstić information content (AvgIpc) is 2.79. The van der Waals surface area contributed by atoms with E-state index in [0.717, 1.165) is 18.8 Å². The van der Waals surface area contributed by atoms with Crippen LogP contribution in [0, 0.1) is 6.92 Å². The van der Waals surface area contributed by atoms with Gasteiger partial charge in [0.2, 0.25) is 0 Å². The Morgan fingerprint density at radius 3 is 2.55 bits per heavy atom. The van der Waals surface area contributed by atoms with E-state index in [2.05, 4.69) is 15.2 Å². The number of aromatic nitrogens is 1. The minimum absolute atomic E-state index is 0.387. The van der Waals surface area contributed by atoms with E-state index in [1.165, 1.54) is 0 Å². The average molecular weight is 419 g/mol. The predicted molar refractivity (Wildman–Crippen MR) is 119 cm³/mol. The van der Waals surface area contributed by atoms with Gasteiger partial charge in [-0.1, -0.05) is 18.2 Å². The van der Waals surface area contributed by atoms with Crippen molar-refractivity contribution >= 4 is 34.2 Å². The number of pyridine rings is 1. The first-order chi connectivity index (χ1) is 15.0. The molecule has 160 valence electrons. The van der Waals surface area contributed by atoms with E-state index < -0.39 is 12.1 Å². The molecule has 0 saturated carbocycles. The number of carbonyl (C=O) groups excluding carboxylic acids is 2. The third-order valence-electron chi connectivity index (χ3n) is 5.23. The Bertz CT molecular complexity index is 1090. The molecule has 0 unspecified atom stereocenters. The lowest BCUT2D eigenvalue weighted by Gasteiger charge is -2.28. The van der Waals surface area contributed by atoms with Gasteiger partial charge < -0.3 is 19.7 Å². The molecule has 4 rings (SSSR count). The van der Waals surface area contributed by atoms with Crippen molar-refractivity contribution in [3.63, 3.8) is 0 Å². The second kappa shape index (κ2) is 9.14. The van der Waals surface area contributed by atoms with Gasteiger partial charge in [-0.3, -0.25) is 9.78 Å². The van der Waals surface area contributed by atoms with Gasteiger partial charge in [-0.25, -0.2) is 4.79 Å². The van der Waals surface area contributed by atoms with E-state index in [0.29, 0.717) is 41.1 Å². The van der Waals surface area contributed by atoms with Crippen molar-refractivity contribution in [3.8, 4) is 0 Å². The topological polar surface area (TPSA) is 80.8 Å². The Labute approximate surface area is 181 Å². The number of hydrogen-bond acceptors (Lipinski definition) is 6. The minimum atomic E-state index is -0.946. The Balaban J connectivity index is 1.40. The molecule has 1 amide bonds. The van der Waals surface area contributed by atoms with Gasteiger partial charge in [0, 0.05) is 35.5 Å². The van der Waals surface area contributed by atoms with Gasteiger partial charge in [0.25, 0.3) is 5.91 Å². The Morgan fingerprint density at radius 1 is 1.10 bits per heavy atom. The molecule has 1 atom stereocenters. The summed E-state index contributed by atoms with van der Waals surface area (Å²) in [5.41, 5.74) is 3.56. The van der Waals surface area contributed by atoms with Gasteiger partial charge in [-0.15, -0.1) is 0 Å². The summed E-state index contributed by atoms with van der Waals surface area (Å²) in [6.07, 6.45) is -0.946. The van der Waals surface area contributed by atoms with Crippen molar-refractivity contribution in [1.82, 2.24) is 4.98 Å². The number of carbonyl (C=O) groups is 2. The van der Waals surface area contributed by atoms with Crippen molar-refractivity contribution < 1.29 is 19.1 Å². The minimum Gasteiger partial charge on any atom is -0.449 e. The maximum absolute atomic E-state index is 12.8. The molecule has 3 aromatic rings. The fraction of sp³-hybridized carbons (Fsp3) is 0.292. The summed E-state index contributed by atoms with van der Waals surface area (Å²) < 4.78 is 10.8. The van der Waals surface area contributed by atoms with E-state index in [1.54, 1.807) is 13.0 Å². The molecule has 1 aliphatic heterocycles. The first-order valence-corrected chi connectivity index (χ1v) is 10.3. The summed E-state index contributed by atoms with van der Waals surface area (Å²) in [7, 11) is 0. The predicted octanol–water partition coefficient (Wildman–Crippen LogP) is 3.56. The zero-order valence-electron chi connectivity index (χ0n) is 17.6. The van der Waals surface area contributed by atoms with Gasteiger partial charge in [-0.05, 0) is 50.2 Å². The Hall–Kier alpha value is -3.45. The molecule has 0 spiro atoms. The highest BCUT2D eigenvalue weighted by molar-refractivity contribution is 6.05. The van der Waals surface area contributed by atoms with E-state index in [-0.39, 0.29) is 5.91 Å². The quantitative estimate of drug-likeness (QED) is 0.637. The first kappa shape index (κ1) is 20.8. The lowest BCUT2D eigenvalue weighted by molar-refractivity contribution is -0.123. The number of nitrogens with one attached hydrogen (secondary N) is 1. The van der Waals surface area contributed by atoms with E-state index in [9.17, 15) is 9.59 Å². The highest BCUT2D eigenvalue weighted by atomic mass is 16.5. The van der Waals surface area contributed by atoms with Crippen LogP contribution in [-0.4, -0.2) is 49.3 Å². The number of benzene rings is 2. The third kappa shape index (κ3) is 4.83. The number of fused-ring (bicyclic) bond motifs is 1. The number of amides is 1. The largest absolute Gasteiger partial charge is 0.449 e. The fourth-order valence-electron chi connectivity index (χ4n) is 3.58. The molecular formula is C24H25N3O4. The zero-order chi connectivity index (χ0) is 21.8. The van der Waals surface area contributed by atoms with Crippen LogP contribution in [0.1, 0.15) is 23.0 Å². The van der Waals surface area contributed by atoms with Crippen LogP contribution in [0.15, 0.2) is 54.6 Å². The number of ether oxygens (including phenoxy) is 2. The highest BCUT2D eigenvalue weighted by Crippen LogP contribution is 2.21. The number of para-hydroxylation sites is 1. The van der Waals surface area contributed by atoms with Crippen molar-refractivity contribution in [3.05, 3.63) is 65.9 Å². The number of aryl methyl sites for hydroxylation is 1. The lowest BCUT2D eigenvalue weighted by atomic mass is 10.1. The summed E-state index contributed by atoms with van der Waals surface area (Å²) >= 11 is 0. The standard InChI is InChI=1S/C24H25N3O4/c1-16-15-21(20-5-3-4-6-22(20)25-16)24(29)31-17(2)23(28)26-18-7-9-19(10-8-18)27-11-13-30-14-12-27/h3-10,15,17H,11-14H2,1-2H3,(H,26,28)/t17-/m1/s1. The molecule has 0 radical (unpaired) electrons. The molecular weight excluding hydrogens is 394 g/mol. The maximum Gasteiger partial charge on any atom is 0.339 e. The second-order valence-corrected chi connectivity index (χ2v) is 7.51. The van der Waals surface area contributed by atoms with Gasteiger partial charge in [0.05, 0.1) is 24.3 Å². The Morgan fingerprint density at radius 2 is 1.81 bits per heavy atom. The summed E-state index contributed by atoms with van der Waals surface area (Å²) in [5.74, 6) is -0.936. The summed E-state index contributed by atoms with van der Waals surface area (Å²) in [4.78, 5) is 32.0. The molecule has 1 aliphatic rings. The molecule has 0 bridgehead atoms. The molecule has 7 heteroatoms. The Kier molecular flexibility index (Phi) is 6.13. The number of anilines is 2. The summed E-state index contributed by atoms with van der Waals surface area (Å²) in [5, 5.41) is 3.50. The smallest absolute Gasteiger partial charge is 0.339 e. The van der Waals surface area contributed by atoms with Crippen LogP contribution in [0.3, 0.4) is 0 Å². The molecule has 1 aromatic heterocycles. The fourth-order valence-corrected chi connectivity index (χ4v) is 3.58. The van der Waals surface area contributed by atoms with Crippen molar-refractivity contribution in [1.29, 1.82) is 0 Å². The lowest BCUT2D eigenvalue weighted by Crippen LogP contribution is -2.36. The molecule has 0 aliphatic carbocycles. The molecule has 7 nitrogen and oxygen atoms in total. The number of esters is 1. The third-order valence-corrected chi connectivity index (χ3v) is 5.23. The van der Waals surface area contributed by atoms with E-state index in [1.807, 2.05) is 55.5 Å². The number of morpholine rings is 1. The monoisotopic (exact) mass is 419 g/mol. The summed E-state index contributed by atoms with van der Waals surface area (Å²) in [6, 6.07) is 16.7. The molecule has 2 aromatic carbocycles. The molecule has 1 fully saturated rings. The SMILES string of the molecule is Cc1cc(C(=O)O[C@H](C)C(=O)Nc2ccc(N3CCOCC3)cc2)c2ccccc2n1. The summed E-state index contributed by atoms with van der Waals surface area (Å²) in [6.45, 7) is 6.51. The van der Waals surface area contributed by atoms with Crippen LogP contribution in [0.4, 0.5) is 11.4 Å². The van der Waals surface area contributed by atoms with Crippen LogP contribution in [-0.2, 0) is 14.3 Å². The van der Waals surface area contributed by atoms with Crippen molar-refractivity contribution in [2.24, 2.45) is 0 Å². The molecule has 1 N–H and O–H groups in total. The first-order valence-electron chi connectivity index (χ1n) is 10.3. The zero-order valence-corrected chi connectivity index (χ0v) is 17.6. The normalized spacial score (nSPS) is 14.8. The molecule has 31 heavy (non-hydrogen) atoms. The van der Waals surface area contributed by atoms with Gasteiger partial charge >= 0.3 is 5.97 Å². The van der Waals surface area contributed by atoms with E-state index in [4.69, 9.17) is 9.47 Å². The molecule has 1 saturated heterocycles. The van der Waals surface area contributed by atoms with Gasteiger partial charge in [0.1, 0.15) is 0 Å². The van der Waals surface area contributed by atoms with E-state index >= 15 is 0 Å². The number of hydrogen-bond donors (Lipinski definition) is 1. The van der Waals surface area contributed by atoms with Crippen LogP contribution < -0.4 is 10.2 Å². The molecule has 2 heterocycles. The highest BCUT2D eigenvalue weighted by Gasteiger charge is 2.21. The van der Waals surface area contributed by atoms with Crippen LogP contribution in [0.2, 0.25) is 0 Å². The number of rotatable bonds is 5. The number of nitrogens with zero attached hydrogens (tertiary/aromatic N) is 2. The van der Waals surface area contributed by atoms with Gasteiger partial charge in [0.15, 0.2) is 6.10 Å². The van der Waals surface area contributed by atoms with Crippen LogP contribution in [0.25, 0.3) is 10.9 Å². The second-order valence-electron chi connectivity index (χ2n) is 7.51. The van der Waals surface area contributed by atoms with Gasteiger partial charge in [-0.2, -0.15) is 0 Å². The van der Waals surface area contributed by atoms with Crippen molar-refractivity contribution in [2.45, 2.75) is 20.0 Å². The maximum atomic E-state index is 12.8. The van der Waals surface area contributed by atoms with Crippen molar-refractivity contribution in [2.75, 3.05) is 36.5 Å². The van der Waals surface area contributed by atoms with Crippen LogP contribution >= 0.6 is 0 Å².